The maximum Gasteiger partial charge on any atom is 0.118 e. The van der Waals surface area contributed by atoms with Crippen LogP contribution in [-0.4, -0.2) is 16.7 Å². The Labute approximate surface area is 120 Å². The summed E-state index contributed by atoms with van der Waals surface area (Å²) in [5.41, 5.74) is 7.50. The van der Waals surface area contributed by atoms with Crippen LogP contribution in [0.4, 0.5) is 0 Å². The van der Waals surface area contributed by atoms with Crippen molar-refractivity contribution in [1.82, 2.24) is 9.55 Å². The molecule has 0 saturated carbocycles. The van der Waals surface area contributed by atoms with Crippen molar-refractivity contribution >= 4 is 0 Å². The summed E-state index contributed by atoms with van der Waals surface area (Å²) < 4.78 is 7.34. The van der Waals surface area contributed by atoms with Crippen molar-refractivity contribution in [2.45, 2.75) is 38.8 Å². The lowest BCUT2D eigenvalue weighted by Gasteiger charge is -2.24. The van der Waals surface area contributed by atoms with Gasteiger partial charge in [0.2, 0.25) is 0 Å². The molecule has 4 heteroatoms. The Morgan fingerprint density at radius 3 is 2.35 bits per heavy atom. The van der Waals surface area contributed by atoms with E-state index < -0.39 is 0 Å². The van der Waals surface area contributed by atoms with Gasteiger partial charge in [0.05, 0.1) is 19.2 Å². The molecule has 0 bridgehead atoms. The second-order valence-electron chi connectivity index (χ2n) is 5.39. The van der Waals surface area contributed by atoms with Crippen molar-refractivity contribution in [1.29, 1.82) is 0 Å². The predicted octanol–water partition coefficient (Wildman–Crippen LogP) is 3.28. The Balaban J connectivity index is 2.22. The van der Waals surface area contributed by atoms with Gasteiger partial charge < -0.3 is 15.0 Å². The van der Waals surface area contributed by atoms with E-state index in [1.54, 1.807) is 7.11 Å². The molecule has 0 aliphatic carbocycles. The highest BCUT2D eigenvalue weighted by molar-refractivity contribution is 5.29. The van der Waals surface area contributed by atoms with Gasteiger partial charge in [0, 0.05) is 18.3 Å². The number of hydrogen-bond donors (Lipinski definition) is 1. The number of rotatable bonds is 5. The summed E-state index contributed by atoms with van der Waals surface area (Å²) in [7, 11) is 1.66. The number of nitrogens with two attached hydrogens (primary N) is 1. The summed E-state index contributed by atoms with van der Waals surface area (Å²) in [5, 5.41) is 0. The maximum absolute atomic E-state index is 6.40. The van der Waals surface area contributed by atoms with Crippen molar-refractivity contribution in [3.63, 3.8) is 0 Å². The molecule has 0 amide bonds. The summed E-state index contributed by atoms with van der Waals surface area (Å²) in [4.78, 5) is 4.43. The molecule has 0 aliphatic heterocycles. The second kappa shape index (κ2) is 6.09. The molecular weight excluding hydrogens is 250 g/mol. The topological polar surface area (TPSA) is 53.1 Å². The average molecular weight is 273 g/mol. The van der Waals surface area contributed by atoms with E-state index in [1.165, 1.54) is 0 Å². The largest absolute Gasteiger partial charge is 0.497 e. The monoisotopic (exact) mass is 273 g/mol. The Kier molecular flexibility index (Phi) is 4.45. The number of nitrogens with zero attached hydrogens (tertiary/aromatic N) is 2. The molecule has 108 valence electrons. The quantitative estimate of drug-likeness (QED) is 0.909. The van der Waals surface area contributed by atoms with E-state index in [0.29, 0.717) is 5.92 Å². The molecule has 2 unspecified atom stereocenters. The third-order valence-corrected chi connectivity index (χ3v) is 3.67. The van der Waals surface area contributed by atoms with E-state index in [0.717, 1.165) is 17.1 Å². The number of hydrogen-bond acceptors (Lipinski definition) is 3. The Bertz CT molecular complexity index is 545. The molecule has 20 heavy (non-hydrogen) atoms. The first kappa shape index (κ1) is 14.6. The van der Waals surface area contributed by atoms with Crippen LogP contribution < -0.4 is 10.5 Å². The van der Waals surface area contributed by atoms with Crippen molar-refractivity contribution in [2.24, 2.45) is 5.73 Å². The summed E-state index contributed by atoms with van der Waals surface area (Å²) in [5.74, 6) is 2.30. The van der Waals surface area contributed by atoms with Gasteiger partial charge in [-0.1, -0.05) is 26.0 Å². The molecule has 1 aromatic carbocycles. The average Bonchev–Trinajstić information content (AvgIpc) is 2.95. The third kappa shape index (κ3) is 2.85. The molecule has 2 N–H and O–H groups in total. The van der Waals surface area contributed by atoms with Crippen molar-refractivity contribution in [3.05, 3.63) is 48.0 Å². The Morgan fingerprint density at radius 1 is 1.15 bits per heavy atom. The highest BCUT2D eigenvalue weighted by Gasteiger charge is 2.20. The van der Waals surface area contributed by atoms with E-state index in [2.05, 4.69) is 30.3 Å². The zero-order chi connectivity index (χ0) is 14.7. The molecule has 0 radical (unpaired) electrons. The first-order chi connectivity index (χ1) is 9.54. The molecule has 0 spiro atoms. The lowest BCUT2D eigenvalue weighted by atomic mass is 10.0. The summed E-state index contributed by atoms with van der Waals surface area (Å²) >= 11 is 0. The molecule has 0 aliphatic rings. The molecule has 2 aromatic rings. The molecule has 2 atom stereocenters. The van der Waals surface area contributed by atoms with Gasteiger partial charge in [-0.05, 0) is 24.6 Å². The maximum atomic E-state index is 6.40. The normalized spacial score (nSPS) is 14.3. The van der Waals surface area contributed by atoms with Crippen LogP contribution in [0, 0.1) is 0 Å². The highest BCUT2D eigenvalue weighted by atomic mass is 16.5. The van der Waals surface area contributed by atoms with Crippen molar-refractivity contribution in [3.8, 4) is 5.75 Å². The van der Waals surface area contributed by atoms with E-state index in [4.69, 9.17) is 10.5 Å². The smallest absolute Gasteiger partial charge is 0.118 e. The molecule has 1 aromatic heterocycles. The summed E-state index contributed by atoms with van der Waals surface area (Å²) in [6.45, 7) is 6.41. The molecule has 1 heterocycles. The number of imidazole rings is 1. The minimum atomic E-state index is -0.0763. The van der Waals surface area contributed by atoms with Gasteiger partial charge >= 0.3 is 0 Å². The van der Waals surface area contributed by atoms with Gasteiger partial charge in [-0.2, -0.15) is 0 Å². The van der Waals surface area contributed by atoms with E-state index in [9.17, 15) is 0 Å². The zero-order valence-electron chi connectivity index (χ0n) is 12.6. The fraction of sp³-hybridized carbons (Fsp3) is 0.438. The number of methoxy groups -OCH3 is 1. The molecule has 4 nitrogen and oxygen atoms in total. The Hall–Kier alpha value is -1.81. The van der Waals surface area contributed by atoms with E-state index in [-0.39, 0.29) is 12.1 Å². The fourth-order valence-electron chi connectivity index (χ4n) is 2.39. The minimum absolute atomic E-state index is 0.0763. The minimum Gasteiger partial charge on any atom is -0.497 e. The fourth-order valence-corrected chi connectivity index (χ4v) is 2.39. The number of benzene rings is 1. The molecule has 0 saturated heterocycles. The lowest BCUT2D eigenvalue weighted by molar-refractivity contribution is 0.412. The molecule has 2 rings (SSSR count). The van der Waals surface area contributed by atoms with Crippen LogP contribution in [-0.2, 0) is 0 Å². The van der Waals surface area contributed by atoms with Crippen LogP contribution in [0.3, 0.4) is 0 Å². The summed E-state index contributed by atoms with van der Waals surface area (Å²) in [6, 6.07) is 8.01. The SMILES string of the molecule is COc1ccc(C(N)C(C)n2ccnc2C(C)C)cc1. The van der Waals surface area contributed by atoms with Crippen LogP contribution in [0.1, 0.15) is 50.2 Å². The first-order valence-corrected chi connectivity index (χ1v) is 6.96. The lowest BCUT2D eigenvalue weighted by Crippen LogP contribution is -2.23. The highest BCUT2D eigenvalue weighted by Crippen LogP contribution is 2.28. The third-order valence-electron chi connectivity index (χ3n) is 3.67. The molecule has 0 fully saturated rings. The zero-order valence-corrected chi connectivity index (χ0v) is 12.6. The predicted molar refractivity (Wildman–Crippen MR) is 80.9 cm³/mol. The molecular formula is C16H23N3O. The van der Waals surface area contributed by atoms with E-state index in [1.807, 2.05) is 36.7 Å². The van der Waals surface area contributed by atoms with Gasteiger partial charge in [-0.15, -0.1) is 0 Å². The number of aromatic nitrogens is 2. The number of ether oxygens (including phenoxy) is 1. The van der Waals surface area contributed by atoms with Crippen LogP contribution in [0.5, 0.6) is 5.75 Å². The van der Waals surface area contributed by atoms with Crippen LogP contribution in [0.2, 0.25) is 0 Å². The second-order valence-corrected chi connectivity index (χ2v) is 5.39. The van der Waals surface area contributed by atoms with Crippen LogP contribution >= 0.6 is 0 Å². The van der Waals surface area contributed by atoms with Gasteiger partial charge in [-0.25, -0.2) is 4.98 Å². The Morgan fingerprint density at radius 2 is 1.80 bits per heavy atom. The van der Waals surface area contributed by atoms with Gasteiger partial charge in [0.15, 0.2) is 0 Å². The van der Waals surface area contributed by atoms with Gasteiger partial charge in [-0.3, -0.25) is 0 Å². The van der Waals surface area contributed by atoms with Crippen molar-refractivity contribution in [2.75, 3.05) is 7.11 Å². The van der Waals surface area contributed by atoms with Gasteiger partial charge in [0.25, 0.3) is 0 Å². The van der Waals surface area contributed by atoms with Crippen LogP contribution in [0.15, 0.2) is 36.7 Å². The van der Waals surface area contributed by atoms with E-state index >= 15 is 0 Å². The standard InChI is InChI=1S/C16H23N3O/c1-11(2)16-18-9-10-19(16)12(3)15(17)13-5-7-14(20-4)8-6-13/h5-12,15H,17H2,1-4H3. The van der Waals surface area contributed by atoms with Crippen LogP contribution in [0.25, 0.3) is 0 Å². The summed E-state index contributed by atoms with van der Waals surface area (Å²) in [6.07, 6.45) is 3.84. The van der Waals surface area contributed by atoms with Crippen molar-refractivity contribution < 1.29 is 4.74 Å². The first-order valence-electron chi connectivity index (χ1n) is 6.96. The van der Waals surface area contributed by atoms with Gasteiger partial charge in [0.1, 0.15) is 11.6 Å².